The van der Waals surface area contributed by atoms with Gasteiger partial charge in [0.1, 0.15) is 11.3 Å². The first-order valence-electron chi connectivity index (χ1n) is 9.69. The molecule has 0 saturated carbocycles. The maximum absolute atomic E-state index is 13.3. The number of hydrogen-bond acceptors (Lipinski definition) is 4. The minimum atomic E-state index is -0.516. The number of nitrogens with one attached hydrogen (secondary N) is 1. The van der Waals surface area contributed by atoms with E-state index in [0.29, 0.717) is 11.4 Å². The molecule has 1 aliphatic heterocycles. The second-order valence-corrected chi connectivity index (χ2v) is 7.61. The molecule has 2 heterocycles. The van der Waals surface area contributed by atoms with Crippen molar-refractivity contribution in [2.24, 2.45) is 0 Å². The highest BCUT2D eigenvalue weighted by atomic mass is 32.1. The molecule has 0 spiro atoms. The number of benzene rings is 2. The Morgan fingerprint density at radius 2 is 1.68 bits per heavy atom. The van der Waals surface area contributed by atoms with Gasteiger partial charge in [0.25, 0.3) is 11.8 Å². The third kappa shape index (κ3) is 3.87. The van der Waals surface area contributed by atoms with E-state index in [4.69, 9.17) is 17.0 Å². The fourth-order valence-electron chi connectivity index (χ4n) is 3.39. The smallest absolute Gasteiger partial charge is 0.270 e. The van der Waals surface area contributed by atoms with Crippen LogP contribution in [0.4, 0.5) is 5.69 Å². The van der Waals surface area contributed by atoms with Crippen LogP contribution in [0.2, 0.25) is 0 Å². The van der Waals surface area contributed by atoms with Crippen LogP contribution < -0.4 is 15.0 Å². The van der Waals surface area contributed by atoms with Crippen molar-refractivity contribution in [3.8, 4) is 11.4 Å². The number of carbonyl (C=O) groups excluding carboxylic acids is 2. The monoisotopic (exact) mass is 431 g/mol. The van der Waals surface area contributed by atoms with Crippen LogP contribution in [0.25, 0.3) is 11.8 Å². The topological polar surface area (TPSA) is 63.6 Å². The number of thiocarbonyl (C=S) groups is 1. The van der Waals surface area contributed by atoms with Gasteiger partial charge in [0.2, 0.25) is 0 Å². The number of carbonyl (C=O) groups is 2. The van der Waals surface area contributed by atoms with Crippen LogP contribution in [0.5, 0.6) is 5.75 Å². The largest absolute Gasteiger partial charge is 0.497 e. The minimum absolute atomic E-state index is 0.0142. The van der Waals surface area contributed by atoms with Crippen molar-refractivity contribution >= 4 is 40.9 Å². The summed E-state index contributed by atoms with van der Waals surface area (Å²) < 4.78 is 7.10. The minimum Gasteiger partial charge on any atom is -0.497 e. The molecule has 2 aromatic carbocycles. The number of anilines is 1. The predicted molar refractivity (Wildman–Crippen MR) is 124 cm³/mol. The SMILES string of the molecule is COc1ccc(-n2cccc2/C=C2\C(=O)NC(=S)N(c3ccc(C)c(C)c3)C2=O)cc1. The third-order valence-corrected chi connectivity index (χ3v) is 5.56. The van der Waals surface area contributed by atoms with Gasteiger partial charge in [-0.05, 0) is 91.8 Å². The first kappa shape index (κ1) is 20.6. The molecule has 1 N–H and O–H groups in total. The van der Waals surface area contributed by atoms with Crippen molar-refractivity contribution in [2.75, 3.05) is 12.0 Å². The van der Waals surface area contributed by atoms with Crippen LogP contribution in [0.3, 0.4) is 0 Å². The fourth-order valence-corrected chi connectivity index (χ4v) is 3.68. The van der Waals surface area contributed by atoms with E-state index < -0.39 is 11.8 Å². The Kier molecular flexibility index (Phi) is 5.44. The summed E-state index contributed by atoms with van der Waals surface area (Å²) in [5.41, 5.74) is 4.34. The molecular weight excluding hydrogens is 410 g/mol. The van der Waals surface area contributed by atoms with E-state index in [0.717, 1.165) is 22.6 Å². The Morgan fingerprint density at radius 3 is 2.35 bits per heavy atom. The summed E-state index contributed by atoms with van der Waals surface area (Å²) in [6.45, 7) is 3.96. The summed E-state index contributed by atoms with van der Waals surface area (Å²) in [5.74, 6) is -0.229. The van der Waals surface area contributed by atoms with Gasteiger partial charge in [-0.1, -0.05) is 6.07 Å². The van der Waals surface area contributed by atoms with Gasteiger partial charge in [-0.25, -0.2) is 0 Å². The molecular formula is C24H21N3O3S. The number of aryl methyl sites for hydroxylation is 2. The van der Waals surface area contributed by atoms with E-state index in [9.17, 15) is 9.59 Å². The second-order valence-electron chi connectivity index (χ2n) is 7.23. The van der Waals surface area contributed by atoms with Crippen molar-refractivity contribution in [3.05, 3.63) is 83.2 Å². The number of rotatable bonds is 4. The van der Waals surface area contributed by atoms with Crippen LogP contribution in [0.1, 0.15) is 16.8 Å². The van der Waals surface area contributed by atoms with Crippen molar-refractivity contribution in [3.63, 3.8) is 0 Å². The molecule has 31 heavy (non-hydrogen) atoms. The lowest BCUT2D eigenvalue weighted by atomic mass is 10.1. The van der Waals surface area contributed by atoms with E-state index in [1.165, 1.54) is 4.90 Å². The zero-order valence-electron chi connectivity index (χ0n) is 17.4. The van der Waals surface area contributed by atoms with E-state index in [-0.39, 0.29) is 10.7 Å². The highest BCUT2D eigenvalue weighted by Gasteiger charge is 2.34. The lowest BCUT2D eigenvalue weighted by Crippen LogP contribution is -2.54. The molecule has 0 atom stereocenters. The molecule has 0 bridgehead atoms. The van der Waals surface area contributed by atoms with Gasteiger partial charge in [-0.3, -0.25) is 19.8 Å². The zero-order valence-corrected chi connectivity index (χ0v) is 18.2. The molecule has 6 nitrogen and oxygen atoms in total. The standard InChI is InChI=1S/C24H21N3O3S/c1-15-6-7-19(13-16(15)2)27-23(29)21(22(28)25-24(27)31)14-18-5-4-12-26(18)17-8-10-20(30-3)11-9-17/h4-14H,1-3H3,(H,25,28,31)/b21-14+. The Labute approximate surface area is 185 Å². The van der Waals surface area contributed by atoms with Gasteiger partial charge < -0.3 is 9.30 Å². The first-order chi connectivity index (χ1) is 14.9. The number of methoxy groups -OCH3 is 1. The highest BCUT2D eigenvalue weighted by molar-refractivity contribution is 7.80. The van der Waals surface area contributed by atoms with Crippen molar-refractivity contribution < 1.29 is 14.3 Å². The molecule has 1 aromatic heterocycles. The lowest BCUT2D eigenvalue weighted by molar-refractivity contribution is -0.122. The van der Waals surface area contributed by atoms with Crippen LogP contribution in [-0.4, -0.2) is 28.6 Å². The van der Waals surface area contributed by atoms with Crippen LogP contribution in [0, 0.1) is 13.8 Å². The summed E-state index contributed by atoms with van der Waals surface area (Å²) in [7, 11) is 1.61. The Hall–Kier alpha value is -3.71. The average molecular weight is 432 g/mol. The van der Waals surface area contributed by atoms with Gasteiger partial charge in [0, 0.05) is 17.6 Å². The van der Waals surface area contributed by atoms with E-state index in [1.54, 1.807) is 13.2 Å². The van der Waals surface area contributed by atoms with Gasteiger partial charge in [0.15, 0.2) is 5.11 Å². The van der Waals surface area contributed by atoms with Crippen LogP contribution in [-0.2, 0) is 9.59 Å². The van der Waals surface area contributed by atoms with E-state index >= 15 is 0 Å². The molecule has 2 amide bonds. The maximum Gasteiger partial charge on any atom is 0.270 e. The van der Waals surface area contributed by atoms with Gasteiger partial charge >= 0.3 is 0 Å². The molecule has 0 radical (unpaired) electrons. The Morgan fingerprint density at radius 1 is 0.968 bits per heavy atom. The zero-order chi connectivity index (χ0) is 22.1. The van der Waals surface area contributed by atoms with Crippen molar-refractivity contribution in [1.29, 1.82) is 0 Å². The summed E-state index contributed by atoms with van der Waals surface area (Å²) >= 11 is 5.30. The molecule has 1 saturated heterocycles. The molecule has 1 aliphatic rings. The normalized spacial score (nSPS) is 15.4. The molecule has 156 valence electrons. The molecule has 0 aliphatic carbocycles. The molecule has 1 fully saturated rings. The molecule has 4 rings (SSSR count). The number of ether oxygens (including phenoxy) is 1. The summed E-state index contributed by atoms with van der Waals surface area (Å²) in [5, 5.41) is 2.70. The number of nitrogens with zero attached hydrogens (tertiary/aromatic N) is 2. The van der Waals surface area contributed by atoms with Crippen LogP contribution in [0.15, 0.2) is 66.4 Å². The molecule has 0 unspecified atom stereocenters. The summed E-state index contributed by atoms with van der Waals surface area (Å²) in [4.78, 5) is 27.3. The highest BCUT2D eigenvalue weighted by Crippen LogP contribution is 2.25. The Balaban J connectivity index is 1.73. The summed E-state index contributed by atoms with van der Waals surface area (Å²) in [6.07, 6.45) is 3.45. The quantitative estimate of drug-likeness (QED) is 0.386. The van der Waals surface area contributed by atoms with Crippen molar-refractivity contribution in [1.82, 2.24) is 9.88 Å². The Bertz CT molecular complexity index is 1230. The summed E-state index contributed by atoms with van der Waals surface area (Å²) in [6, 6.07) is 16.8. The lowest BCUT2D eigenvalue weighted by Gasteiger charge is -2.29. The number of amides is 2. The maximum atomic E-state index is 13.3. The molecule has 3 aromatic rings. The van der Waals surface area contributed by atoms with Gasteiger partial charge in [-0.15, -0.1) is 0 Å². The van der Waals surface area contributed by atoms with E-state index in [1.807, 2.05) is 79.2 Å². The van der Waals surface area contributed by atoms with Crippen molar-refractivity contribution in [2.45, 2.75) is 13.8 Å². The predicted octanol–water partition coefficient (Wildman–Crippen LogP) is 3.93. The number of aromatic nitrogens is 1. The van der Waals surface area contributed by atoms with E-state index in [2.05, 4.69) is 5.32 Å². The van der Waals surface area contributed by atoms with Crippen LogP contribution >= 0.6 is 12.2 Å². The fraction of sp³-hybridized carbons (Fsp3) is 0.125. The molecule has 7 heteroatoms. The third-order valence-electron chi connectivity index (χ3n) is 5.27. The average Bonchev–Trinajstić information content (AvgIpc) is 3.22. The first-order valence-corrected chi connectivity index (χ1v) is 10.1. The van der Waals surface area contributed by atoms with Gasteiger partial charge in [-0.2, -0.15) is 0 Å². The second kappa shape index (κ2) is 8.20. The number of hydrogen-bond donors (Lipinski definition) is 1. The van der Waals surface area contributed by atoms with Gasteiger partial charge in [0.05, 0.1) is 12.8 Å².